The van der Waals surface area contributed by atoms with E-state index in [0.29, 0.717) is 11.3 Å². The Morgan fingerprint density at radius 3 is 2.06 bits per heavy atom. The van der Waals surface area contributed by atoms with Crippen LogP contribution in [0.5, 0.6) is 0 Å². The number of hydrogen-bond acceptors (Lipinski definition) is 2. The molecule has 0 atom stereocenters. The third-order valence-corrected chi connectivity index (χ3v) is 5.81. The molecule has 1 saturated carbocycles. The van der Waals surface area contributed by atoms with Crippen molar-refractivity contribution in [2.75, 3.05) is 5.75 Å². The summed E-state index contributed by atoms with van der Waals surface area (Å²) in [7, 11) is 0. The van der Waals surface area contributed by atoms with Gasteiger partial charge in [0.25, 0.3) is 0 Å². The van der Waals surface area contributed by atoms with Crippen LogP contribution in [0, 0.1) is 11.3 Å². The lowest BCUT2D eigenvalue weighted by molar-refractivity contribution is -0.147. The first-order valence-electron chi connectivity index (χ1n) is 7.27. The first-order valence-corrected chi connectivity index (χ1v) is 8.25. The highest BCUT2D eigenvalue weighted by Crippen LogP contribution is 2.60. The van der Waals surface area contributed by atoms with Crippen molar-refractivity contribution in [1.29, 1.82) is 0 Å². The van der Waals surface area contributed by atoms with Crippen molar-refractivity contribution in [3.63, 3.8) is 0 Å². The molecular weight excluding hydrogens is 244 g/mol. The maximum absolute atomic E-state index is 11.6. The van der Waals surface area contributed by atoms with Crippen molar-refractivity contribution in [2.24, 2.45) is 11.3 Å². The van der Waals surface area contributed by atoms with E-state index in [9.17, 15) is 9.90 Å². The fraction of sp³-hybridized carbons (Fsp3) is 0.933. The molecule has 0 radical (unpaired) electrons. The van der Waals surface area contributed by atoms with E-state index in [1.165, 1.54) is 25.7 Å². The van der Waals surface area contributed by atoms with Gasteiger partial charge in [0, 0.05) is 0 Å². The minimum absolute atomic E-state index is 0.325. The van der Waals surface area contributed by atoms with Crippen molar-refractivity contribution in [2.45, 2.75) is 71.0 Å². The Balaban J connectivity index is 2.66. The Morgan fingerprint density at radius 1 is 1.22 bits per heavy atom. The number of carboxylic acid groups (broad SMARTS) is 1. The van der Waals surface area contributed by atoms with E-state index >= 15 is 0 Å². The molecule has 0 unspecified atom stereocenters. The molecule has 1 rings (SSSR count). The van der Waals surface area contributed by atoms with Gasteiger partial charge in [-0.1, -0.05) is 40.5 Å². The first-order chi connectivity index (χ1) is 8.40. The van der Waals surface area contributed by atoms with Gasteiger partial charge in [-0.3, -0.25) is 4.79 Å². The van der Waals surface area contributed by atoms with Crippen LogP contribution in [-0.4, -0.2) is 21.6 Å². The van der Waals surface area contributed by atoms with Gasteiger partial charge >= 0.3 is 5.97 Å². The predicted octanol–water partition coefficient (Wildman–Crippen LogP) is 4.58. The maximum Gasteiger partial charge on any atom is 0.319 e. The van der Waals surface area contributed by atoms with Gasteiger partial charge in [-0.25, -0.2) is 0 Å². The standard InChI is InChI=1S/C15H28O2S/c1-5-7-14(8-6-2)10-15(11-14,13(16)17)18-9-12(3)4/h12H,5-11H2,1-4H3,(H,16,17). The molecule has 18 heavy (non-hydrogen) atoms. The number of carboxylic acids is 1. The van der Waals surface area contributed by atoms with Crippen LogP contribution >= 0.6 is 11.8 Å². The van der Waals surface area contributed by atoms with Crippen LogP contribution in [0.25, 0.3) is 0 Å². The van der Waals surface area contributed by atoms with E-state index in [1.54, 1.807) is 11.8 Å². The summed E-state index contributed by atoms with van der Waals surface area (Å²) in [5, 5.41) is 9.54. The van der Waals surface area contributed by atoms with Crippen molar-refractivity contribution >= 4 is 17.7 Å². The summed E-state index contributed by atoms with van der Waals surface area (Å²) >= 11 is 1.68. The summed E-state index contributed by atoms with van der Waals surface area (Å²) in [6.45, 7) is 8.73. The lowest BCUT2D eigenvalue weighted by atomic mass is 9.57. The fourth-order valence-corrected chi connectivity index (χ4v) is 4.93. The summed E-state index contributed by atoms with van der Waals surface area (Å²) < 4.78 is -0.478. The normalized spacial score (nSPS) is 20.7. The Bertz CT molecular complexity index is 272. The second-order valence-corrected chi connectivity index (χ2v) is 7.76. The molecule has 0 aromatic rings. The van der Waals surface area contributed by atoms with Crippen molar-refractivity contribution < 1.29 is 9.90 Å². The summed E-state index contributed by atoms with van der Waals surface area (Å²) in [4.78, 5) is 11.6. The van der Waals surface area contributed by atoms with Crippen LogP contribution in [0.15, 0.2) is 0 Å². The van der Waals surface area contributed by atoms with E-state index in [1.807, 2.05) is 0 Å². The van der Waals surface area contributed by atoms with Crippen molar-refractivity contribution in [3.05, 3.63) is 0 Å². The monoisotopic (exact) mass is 272 g/mol. The average molecular weight is 272 g/mol. The highest BCUT2D eigenvalue weighted by molar-refractivity contribution is 8.01. The summed E-state index contributed by atoms with van der Waals surface area (Å²) in [5.41, 5.74) is 0.325. The third-order valence-electron chi connectivity index (χ3n) is 3.96. The topological polar surface area (TPSA) is 37.3 Å². The van der Waals surface area contributed by atoms with Gasteiger partial charge < -0.3 is 5.11 Å². The SMILES string of the molecule is CCCC1(CCC)CC(SCC(C)C)(C(=O)O)C1. The van der Waals surface area contributed by atoms with E-state index in [0.717, 1.165) is 18.6 Å². The van der Waals surface area contributed by atoms with E-state index in [-0.39, 0.29) is 0 Å². The summed E-state index contributed by atoms with van der Waals surface area (Å²) in [5.74, 6) is 0.940. The molecule has 0 heterocycles. The molecule has 0 spiro atoms. The molecule has 1 fully saturated rings. The zero-order valence-electron chi connectivity index (χ0n) is 12.3. The van der Waals surface area contributed by atoms with Gasteiger partial charge in [0.1, 0.15) is 4.75 Å². The minimum Gasteiger partial charge on any atom is -0.480 e. The van der Waals surface area contributed by atoms with Gasteiger partial charge in [-0.15, -0.1) is 11.8 Å². The Morgan fingerprint density at radius 2 is 1.72 bits per heavy atom. The molecule has 3 heteroatoms. The van der Waals surface area contributed by atoms with Crippen LogP contribution in [0.3, 0.4) is 0 Å². The quantitative estimate of drug-likeness (QED) is 0.702. The molecule has 106 valence electrons. The van der Waals surface area contributed by atoms with Crippen LogP contribution < -0.4 is 0 Å². The lowest BCUT2D eigenvalue weighted by Gasteiger charge is -2.54. The van der Waals surface area contributed by atoms with Crippen LogP contribution in [0.1, 0.15) is 66.2 Å². The highest BCUT2D eigenvalue weighted by Gasteiger charge is 2.58. The average Bonchev–Trinajstić information content (AvgIpc) is 2.22. The molecule has 0 bridgehead atoms. The summed E-state index contributed by atoms with van der Waals surface area (Å²) in [6, 6.07) is 0. The minimum atomic E-state index is -0.587. The number of thioether (sulfide) groups is 1. The molecule has 2 nitrogen and oxygen atoms in total. The number of hydrogen-bond donors (Lipinski definition) is 1. The van der Waals surface area contributed by atoms with Crippen LogP contribution in [0.4, 0.5) is 0 Å². The molecule has 0 aromatic carbocycles. The van der Waals surface area contributed by atoms with Crippen LogP contribution in [-0.2, 0) is 4.79 Å². The molecule has 0 aromatic heterocycles. The van der Waals surface area contributed by atoms with Gasteiger partial charge in [0.05, 0.1) is 0 Å². The van der Waals surface area contributed by atoms with E-state index in [4.69, 9.17) is 0 Å². The Kier molecular flexibility index (Phi) is 5.57. The third kappa shape index (κ3) is 3.43. The molecule has 1 N–H and O–H groups in total. The summed E-state index contributed by atoms with van der Waals surface area (Å²) in [6.07, 6.45) is 6.49. The number of carbonyl (C=O) groups is 1. The Labute approximate surface area is 116 Å². The lowest BCUT2D eigenvalue weighted by Crippen LogP contribution is -2.55. The number of rotatable bonds is 8. The van der Waals surface area contributed by atoms with Gasteiger partial charge in [0.15, 0.2) is 0 Å². The second-order valence-electron chi connectivity index (χ2n) is 6.36. The van der Waals surface area contributed by atoms with Gasteiger partial charge in [-0.05, 0) is 42.8 Å². The molecule has 1 aliphatic rings. The van der Waals surface area contributed by atoms with E-state index in [2.05, 4.69) is 27.7 Å². The smallest absolute Gasteiger partial charge is 0.319 e. The zero-order chi connectivity index (χ0) is 13.8. The predicted molar refractivity (Wildman–Crippen MR) is 79.1 cm³/mol. The fourth-order valence-electron chi connectivity index (χ4n) is 3.34. The zero-order valence-corrected chi connectivity index (χ0v) is 13.1. The largest absolute Gasteiger partial charge is 0.480 e. The Hall–Kier alpha value is -0.180. The molecule has 0 saturated heterocycles. The van der Waals surface area contributed by atoms with Crippen LogP contribution in [0.2, 0.25) is 0 Å². The second kappa shape index (κ2) is 6.31. The molecule has 0 aliphatic heterocycles. The highest BCUT2D eigenvalue weighted by atomic mass is 32.2. The van der Waals surface area contributed by atoms with Crippen molar-refractivity contribution in [1.82, 2.24) is 0 Å². The van der Waals surface area contributed by atoms with Gasteiger partial charge in [0.2, 0.25) is 0 Å². The number of aliphatic carboxylic acids is 1. The first kappa shape index (κ1) is 15.9. The van der Waals surface area contributed by atoms with E-state index < -0.39 is 10.7 Å². The molecule has 0 amide bonds. The van der Waals surface area contributed by atoms with Gasteiger partial charge in [-0.2, -0.15) is 0 Å². The maximum atomic E-state index is 11.6. The van der Waals surface area contributed by atoms with Crippen molar-refractivity contribution in [3.8, 4) is 0 Å². The molecule has 1 aliphatic carbocycles. The molecular formula is C15H28O2S.